The molecule has 0 spiro atoms. The molecule has 6 heteroatoms. The standard InChI is InChI=1S/C16H12N2O4/c19-15(20)12-6-2-1-5-11(12)9-17-10-18-14-8-4-3-7-13(14)16(21)22/h1-10H,(H,19,20)(H,21,22). The van der Waals surface area contributed by atoms with Crippen molar-refractivity contribution in [1.82, 2.24) is 0 Å². The molecule has 0 aliphatic carbocycles. The first kappa shape index (κ1) is 15.1. The lowest BCUT2D eigenvalue weighted by Gasteiger charge is -1.99. The van der Waals surface area contributed by atoms with Gasteiger partial charge >= 0.3 is 11.9 Å². The molecule has 0 heterocycles. The maximum atomic E-state index is 11.0. The van der Waals surface area contributed by atoms with Gasteiger partial charge in [0.05, 0.1) is 16.8 Å². The van der Waals surface area contributed by atoms with E-state index in [4.69, 9.17) is 10.2 Å². The molecule has 0 radical (unpaired) electrons. The van der Waals surface area contributed by atoms with Gasteiger partial charge in [-0.15, -0.1) is 0 Å². The summed E-state index contributed by atoms with van der Waals surface area (Å²) in [4.78, 5) is 29.9. The molecule has 2 aromatic carbocycles. The van der Waals surface area contributed by atoms with E-state index in [-0.39, 0.29) is 16.8 Å². The smallest absolute Gasteiger partial charge is 0.337 e. The van der Waals surface area contributed by atoms with Crippen molar-refractivity contribution in [1.29, 1.82) is 0 Å². The van der Waals surface area contributed by atoms with Crippen molar-refractivity contribution in [2.75, 3.05) is 0 Å². The molecule has 0 saturated carbocycles. The number of aliphatic imine (C=N–C) groups is 2. The van der Waals surface area contributed by atoms with Crippen LogP contribution in [0.2, 0.25) is 0 Å². The Morgan fingerprint density at radius 1 is 0.864 bits per heavy atom. The number of rotatable bonds is 5. The van der Waals surface area contributed by atoms with Crippen molar-refractivity contribution in [3.05, 3.63) is 65.2 Å². The lowest BCUT2D eigenvalue weighted by atomic mass is 10.1. The maximum Gasteiger partial charge on any atom is 0.337 e. The van der Waals surface area contributed by atoms with Crippen LogP contribution in [0.4, 0.5) is 5.69 Å². The Hall–Kier alpha value is -3.28. The molecule has 6 nitrogen and oxygen atoms in total. The zero-order chi connectivity index (χ0) is 15.9. The fourth-order valence-corrected chi connectivity index (χ4v) is 1.78. The highest BCUT2D eigenvalue weighted by Gasteiger charge is 2.07. The van der Waals surface area contributed by atoms with Gasteiger partial charge in [-0.3, -0.25) is 0 Å². The molecule has 0 amide bonds. The number of benzene rings is 2. The molecule has 0 aromatic heterocycles. The van der Waals surface area contributed by atoms with Crippen LogP contribution < -0.4 is 0 Å². The second-order valence-electron chi connectivity index (χ2n) is 4.24. The summed E-state index contributed by atoms with van der Waals surface area (Å²) in [5.74, 6) is -2.12. The largest absolute Gasteiger partial charge is 0.478 e. The van der Waals surface area contributed by atoms with Crippen LogP contribution in [0.3, 0.4) is 0 Å². The molecule has 22 heavy (non-hydrogen) atoms. The first-order valence-corrected chi connectivity index (χ1v) is 6.30. The first-order chi connectivity index (χ1) is 10.6. The number of nitrogens with zero attached hydrogens (tertiary/aromatic N) is 2. The molecular formula is C16H12N2O4. The van der Waals surface area contributed by atoms with Gasteiger partial charge in [0, 0.05) is 11.8 Å². The topological polar surface area (TPSA) is 99.3 Å². The summed E-state index contributed by atoms with van der Waals surface area (Å²) >= 11 is 0. The predicted molar refractivity (Wildman–Crippen MR) is 82.5 cm³/mol. The maximum absolute atomic E-state index is 11.0. The third-order valence-corrected chi connectivity index (χ3v) is 2.80. The lowest BCUT2D eigenvalue weighted by molar-refractivity contribution is 0.0686. The Morgan fingerprint density at radius 2 is 1.45 bits per heavy atom. The number of hydrogen-bond donors (Lipinski definition) is 2. The van der Waals surface area contributed by atoms with Crippen LogP contribution in [0.5, 0.6) is 0 Å². The Bertz CT molecular complexity index is 701. The number of para-hydroxylation sites is 1. The van der Waals surface area contributed by atoms with Crippen LogP contribution in [0.25, 0.3) is 0 Å². The monoisotopic (exact) mass is 296 g/mol. The highest BCUT2D eigenvalue weighted by atomic mass is 16.4. The molecule has 0 aliphatic heterocycles. The third-order valence-electron chi connectivity index (χ3n) is 2.80. The van der Waals surface area contributed by atoms with Gasteiger partial charge in [-0.25, -0.2) is 19.6 Å². The first-order valence-electron chi connectivity index (χ1n) is 6.30. The van der Waals surface area contributed by atoms with Gasteiger partial charge in [-0.2, -0.15) is 0 Å². The molecule has 110 valence electrons. The van der Waals surface area contributed by atoms with Gasteiger partial charge in [0.25, 0.3) is 0 Å². The zero-order valence-corrected chi connectivity index (χ0v) is 11.4. The Kier molecular flexibility index (Phi) is 4.77. The van der Waals surface area contributed by atoms with Crippen LogP contribution in [0.15, 0.2) is 58.5 Å². The molecule has 0 bridgehead atoms. The molecular weight excluding hydrogens is 284 g/mol. The highest BCUT2D eigenvalue weighted by molar-refractivity contribution is 6.00. The molecule has 0 fully saturated rings. The van der Waals surface area contributed by atoms with Crippen molar-refractivity contribution in [2.24, 2.45) is 9.98 Å². The third kappa shape index (κ3) is 3.63. The van der Waals surface area contributed by atoms with Crippen molar-refractivity contribution >= 4 is 30.2 Å². The normalized spacial score (nSPS) is 11.1. The average molecular weight is 296 g/mol. The minimum Gasteiger partial charge on any atom is -0.478 e. The summed E-state index contributed by atoms with van der Waals surface area (Å²) in [5.41, 5.74) is 0.914. The van der Waals surface area contributed by atoms with Crippen molar-refractivity contribution in [3.8, 4) is 0 Å². The van der Waals surface area contributed by atoms with Gasteiger partial charge in [0.1, 0.15) is 6.34 Å². The molecule has 2 N–H and O–H groups in total. The molecule has 2 rings (SSSR count). The summed E-state index contributed by atoms with van der Waals surface area (Å²) in [6.45, 7) is 0. The zero-order valence-electron chi connectivity index (χ0n) is 11.4. The summed E-state index contributed by atoms with van der Waals surface area (Å²) in [5, 5.41) is 18.1. The van der Waals surface area contributed by atoms with E-state index in [1.165, 1.54) is 24.7 Å². The number of aromatic carboxylic acids is 2. The van der Waals surface area contributed by atoms with Crippen LogP contribution in [-0.4, -0.2) is 34.7 Å². The average Bonchev–Trinajstić information content (AvgIpc) is 2.52. The second-order valence-corrected chi connectivity index (χ2v) is 4.24. The van der Waals surface area contributed by atoms with Crippen molar-refractivity contribution < 1.29 is 19.8 Å². The van der Waals surface area contributed by atoms with E-state index in [2.05, 4.69) is 9.98 Å². The fraction of sp³-hybridized carbons (Fsp3) is 0. The minimum atomic E-state index is -1.08. The van der Waals surface area contributed by atoms with E-state index in [9.17, 15) is 9.59 Å². The van der Waals surface area contributed by atoms with Crippen LogP contribution in [0.1, 0.15) is 26.3 Å². The van der Waals surface area contributed by atoms with Crippen LogP contribution in [0, 0.1) is 0 Å². The van der Waals surface area contributed by atoms with Gasteiger partial charge in [-0.1, -0.05) is 30.3 Å². The van der Waals surface area contributed by atoms with Crippen molar-refractivity contribution in [3.63, 3.8) is 0 Å². The Balaban J connectivity index is 2.20. The second kappa shape index (κ2) is 6.94. The number of hydrogen-bond acceptors (Lipinski definition) is 3. The number of carbonyl (C=O) groups is 2. The molecule has 0 atom stereocenters. The Labute approximate surface area is 126 Å². The highest BCUT2D eigenvalue weighted by Crippen LogP contribution is 2.17. The molecule has 0 aliphatic rings. The van der Waals surface area contributed by atoms with Crippen LogP contribution >= 0.6 is 0 Å². The van der Waals surface area contributed by atoms with Gasteiger partial charge in [-0.05, 0) is 18.2 Å². The fourth-order valence-electron chi connectivity index (χ4n) is 1.78. The van der Waals surface area contributed by atoms with Gasteiger partial charge in [0.2, 0.25) is 0 Å². The SMILES string of the molecule is O=C(O)c1ccccc1C=NC=Nc1ccccc1C(=O)O. The number of carboxylic acids is 2. The van der Waals surface area contributed by atoms with Crippen LogP contribution in [-0.2, 0) is 0 Å². The Morgan fingerprint density at radius 3 is 2.14 bits per heavy atom. The van der Waals surface area contributed by atoms with Crippen molar-refractivity contribution in [2.45, 2.75) is 0 Å². The molecule has 2 aromatic rings. The lowest BCUT2D eigenvalue weighted by Crippen LogP contribution is -2.01. The van der Waals surface area contributed by atoms with E-state index in [1.807, 2.05) is 0 Å². The number of carboxylic acid groups (broad SMARTS) is 2. The predicted octanol–water partition coefficient (Wildman–Crippen LogP) is 2.86. The quantitative estimate of drug-likeness (QED) is 0.654. The van der Waals surface area contributed by atoms with Gasteiger partial charge < -0.3 is 10.2 Å². The summed E-state index contributed by atoms with van der Waals surface area (Å²) in [7, 11) is 0. The van der Waals surface area contributed by atoms with E-state index in [0.29, 0.717) is 5.56 Å². The molecule has 0 saturated heterocycles. The summed E-state index contributed by atoms with van der Waals surface area (Å²) in [6.07, 6.45) is 2.54. The summed E-state index contributed by atoms with van der Waals surface area (Å²) in [6, 6.07) is 12.7. The summed E-state index contributed by atoms with van der Waals surface area (Å²) < 4.78 is 0. The van der Waals surface area contributed by atoms with E-state index >= 15 is 0 Å². The van der Waals surface area contributed by atoms with Gasteiger partial charge in [0.15, 0.2) is 0 Å². The molecule has 0 unspecified atom stereocenters. The van der Waals surface area contributed by atoms with E-state index < -0.39 is 11.9 Å². The van der Waals surface area contributed by atoms with E-state index in [0.717, 1.165) is 0 Å². The van der Waals surface area contributed by atoms with E-state index in [1.54, 1.807) is 36.4 Å². The minimum absolute atomic E-state index is 0.0693.